The highest BCUT2D eigenvalue weighted by atomic mass is 16.5. The van der Waals surface area contributed by atoms with E-state index in [1.165, 1.54) is 16.8 Å². The van der Waals surface area contributed by atoms with Gasteiger partial charge in [-0.1, -0.05) is 6.07 Å². The average Bonchev–Trinajstić information content (AvgIpc) is 3.02. The molecule has 136 valence electrons. The van der Waals surface area contributed by atoms with Crippen molar-refractivity contribution in [2.24, 2.45) is 0 Å². The van der Waals surface area contributed by atoms with E-state index < -0.39 is 0 Å². The molecule has 0 spiro atoms. The molecule has 1 N–H and O–H groups in total. The molecule has 1 aromatic heterocycles. The zero-order valence-corrected chi connectivity index (χ0v) is 15.6. The maximum Gasteiger partial charge on any atom is 0.124 e. The van der Waals surface area contributed by atoms with E-state index >= 15 is 0 Å². The monoisotopic (exact) mass is 344 g/mol. The summed E-state index contributed by atoms with van der Waals surface area (Å²) in [6, 6.07) is 6.51. The van der Waals surface area contributed by atoms with Crippen molar-refractivity contribution in [3.63, 3.8) is 0 Å². The minimum Gasteiger partial charge on any atom is -0.496 e. The fourth-order valence-corrected chi connectivity index (χ4v) is 3.29. The van der Waals surface area contributed by atoms with Gasteiger partial charge in [0.15, 0.2) is 0 Å². The van der Waals surface area contributed by atoms with Crippen LogP contribution in [0.4, 0.5) is 0 Å². The van der Waals surface area contributed by atoms with E-state index in [0.717, 1.165) is 37.5 Å². The molecule has 2 heterocycles. The Morgan fingerprint density at radius 3 is 2.84 bits per heavy atom. The van der Waals surface area contributed by atoms with Crippen LogP contribution in [0.1, 0.15) is 35.3 Å². The highest BCUT2D eigenvalue weighted by Crippen LogP contribution is 2.24. The summed E-state index contributed by atoms with van der Waals surface area (Å²) in [6.07, 6.45) is 2.00. The molecule has 1 aromatic carbocycles. The molecule has 2 aromatic rings. The van der Waals surface area contributed by atoms with Gasteiger partial charge in [0.1, 0.15) is 5.75 Å². The van der Waals surface area contributed by atoms with Gasteiger partial charge in [0.05, 0.1) is 32.2 Å². The normalized spacial score (nSPS) is 15.8. The van der Waals surface area contributed by atoms with E-state index in [1.807, 2.05) is 12.3 Å². The van der Waals surface area contributed by atoms with Crippen molar-refractivity contribution in [2.45, 2.75) is 39.2 Å². The minimum atomic E-state index is 0.235. The minimum absolute atomic E-state index is 0.235. The molecule has 0 radical (unpaired) electrons. The maximum absolute atomic E-state index is 5.41. The summed E-state index contributed by atoms with van der Waals surface area (Å²) in [4.78, 5) is 2.34. The molecule has 0 saturated carbocycles. The third-order valence-corrected chi connectivity index (χ3v) is 4.85. The van der Waals surface area contributed by atoms with Crippen molar-refractivity contribution < 1.29 is 9.47 Å². The Bertz CT molecular complexity index is 713. The van der Waals surface area contributed by atoms with E-state index in [9.17, 15) is 0 Å². The number of fused-ring (bicyclic) bond motifs is 1. The summed E-state index contributed by atoms with van der Waals surface area (Å²) >= 11 is 0. The largest absolute Gasteiger partial charge is 0.496 e. The smallest absolute Gasteiger partial charge is 0.124 e. The third-order valence-electron chi connectivity index (χ3n) is 4.85. The molecule has 0 amide bonds. The van der Waals surface area contributed by atoms with Crippen LogP contribution >= 0.6 is 0 Å². The fourth-order valence-electron chi connectivity index (χ4n) is 3.29. The van der Waals surface area contributed by atoms with Crippen molar-refractivity contribution in [1.82, 2.24) is 20.0 Å². The van der Waals surface area contributed by atoms with Crippen LogP contribution in [0.25, 0.3) is 0 Å². The molecule has 1 unspecified atom stereocenters. The van der Waals surface area contributed by atoms with Gasteiger partial charge in [0, 0.05) is 43.9 Å². The predicted molar refractivity (Wildman–Crippen MR) is 97.5 cm³/mol. The molecule has 0 bridgehead atoms. The standard InChI is InChI=1S/C19H28N4O2/c1-14(15-5-6-19(25-4)16(9-15)13-24-3)20-10-17-11-21-23-8-7-22(2)12-18(17)23/h5-6,9,11,14,20H,7-8,10,12-13H2,1-4H3. The topological polar surface area (TPSA) is 51.5 Å². The van der Waals surface area contributed by atoms with Crippen molar-refractivity contribution in [2.75, 3.05) is 27.8 Å². The van der Waals surface area contributed by atoms with Crippen LogP contribution in [-0.2, 0) is 31.0 Å². The van der Waals surface area contributed by atoms with Gasteiger partial charge in [-0.25, -0.2) is 0 Å². The predicted octanol–water partition coefficient (Wildman–Crippen LogP) is 2.33. The fraction of sp³-hybridized carbons (Fsp3) is 0.526. The highest BCUT2D eigenvalue weighted by molar-refractivity contribution is 5.38. The lowest BCUT2D eigenvalue weighted by Gasteiger charge is -2.24. The third kappa shape index (κ3) is 4.03. The average molecular weight is 344 g/mol. The van der Waals surface area contributed by atoms with Crippen molar-refractivity contribution in [1.29, 1.82) is 0 Å². The number of ether oxygens (including phenoxy) is 2. The summed E-state index contributed by atoms with van der Waals surface area (Å²) in [5.41, 5.74) is 4.90. The molecule has 25 heavy (non-hydrogen) atoms. The molecule has 1 aliphatic rings. The van der Waals surface area contributed by atoms with E-state index in [4.69, 9.17) is 9.47 Å². The van der Waals surface area contributed by atoms with Crippen LogP contribution < -0.4 is 10.1 Å². The first-order chi connectivity index (χ1) is 12.1. The van der Waals surface area contributed by atoms with Gasteiger partial charge in [-0.05, 0) is 31.7 Å². The molecule has 0 fully saturated rings. The van der Waals surface area contributed by atoms with Gasteiger partial charge >= 0.3 is 0 Å². The summed E-state index contributed by atoms with van der Waals surface area (Å²) in [6.45, 7) is 6.54. The Hall–Kier alpha value is -1.89. The van der Waals surface area contributed by atoms with Crippen molar-refractivity contribution in [3.8, 4) is 5.75 Å². The summed E-state index contributed by atoms with van der Waals surface area (Å²) in [7, 11) is 5.55. The number of aromatic nitrogens is 2. The van der Waals surface area contributed by atoms with Gasteiger partial charge in [0.25, 0.3) is 0 Å². The lowest BCUT2D eigenvalue weighted by Crippen LogP contribution is -2.31. The van der Waals surface area contributed by atoms with Gasteiger partial charge in [-0.2, -0.15) is 5.10 Å². The van der Waals surface area contributed by atoms with E-state index in [-0.39, 0.29) is 6.04 Å². The first-order valence-electron chi connectivity index (χ1n) is 8.73. The first kappa shape index (κ1) is 17.9. The Kier molecular flexibility index (Phi) is 5.73. The number of nitrogens with one attached hydrogen (secondary N) is 1. The lowest BCUT2D eigenvalue weighted by molar-refractivity contribution is 0.181. The van der Waals surface area contributed by atoms with E-state index in [2.05, 4.69) is 46.1 Å². The number of methoxy groups -OCH3 is 2. The number of rotatable bonds is 7. The van der Waals surface area contributed by atoms with Gasteiger partial charge in [0.2, 0.25) is 0 Å². The highest BCUT2D eigenvalue weighted by Gasteiger charge is 2.18. The number of hydrogen-bond donors (Lipinski definition) is 1. The molecule has 3 rings (SSSR count). The Morgan fingerprint density at radius 2 is 2.08 bits per heavy atom. The second kappa shape index (κ2) is 7.99. The number of nitrogens with zero attached hydrogens (tertiary/aromatic N) is 3. The zero-order valence-electron chi connectivity index (χ0n) is 15.6. The van der Waals surface area contributed by atoms with Crippen LogP contribution in [0.5, 0.6) is 5.75 Å². The van der Waals surface area contributed by atoms with Crippen molar-refractivity contribution in [3.05, 3.63) is 46.8 Å². The van der Waals surface area contributed by atoms with Crippen LogP contribution in [0.3, 0.4) is 0 Å². The summed E-state index contributed by atoms with van der Waals surface area (Å²) in [5.74, 6) is 0.867. The summed E-state index contributed by atoms with van der Waals surface area (Å²) < 4.78 is 12.8. The quantitative estimate of drug-likeness (QED) is 0.835. The Morgan fingerprint density at radius 1 is 1.24 bits per heavy atom. The van der Waals surface area contributed by atoms with Crippen LogP contribution in [0.15, 0.2) is 24.4 Å². The van der Waals surface area contributed by atoms with Crippen LogP contribution in [-0.4, -0.2) is 42.5 Å². The SMILES string of the molecule is COCc1cc(C(C)NCc2cnn3c2CN(C)CC3)ccc1OC. The molecule has 0 aliphatic carbocycles. The van der Waals surface area contributed by atoms with Gasteiger partial charge in [-0.15, -0.1) is 0 Å². The lowest BCUT2D eigenvalue weighted by atomic mass is 10.0. The molecule has 6 nitrogen and oxygen atoms in total. The number of hydrogen-bond acceptors (Lipinski definition) is 5. The second-order valence-electron chi connectivity index (χ2n) is 6.68. The van der Waals surface area contributed by atoms with E-state index in [1.54, 1.807) is 14.2 Å². The first-order valence-corrected chi connectivity index (χ1v) is 8.73. The zero-order chi connectivity index (χ0) is 17.8. The molecule has 1 aliphatic heterocycles. The Labute approximate surface area is 149 Å². The molecular formula is C19H28N4O2. The molecule has 6 heteroatoms. The second-order valence-corrected chi connectivity index (χ2v) is 6.68. The number of benzene rings is 1. The maximum atomic E-state index is 5.41. The number of likely N-dealkylation sites (N-methyl/N-ethyl adjacent to an activating group) is 1. The molecular weight excluding hydrogens is 316 g/mol. The van der Waals surface area contributed by atoms with Crippen molar-refractivity contribution >= 4 is 0 Å². The Balaban J connectivity index is 1.68. The molecule has 0 saturated heterocycles. The van der Waals surface area contributed by atoms with Crippen LogP contribution in [0, 0.1) is 0 Å². The summed E-state index contributed by atoms with van der Waals surface area (Å²) in [5, 5.41) is 8.14. The van der Waals surface area contributed by atoms with E-state index in [0.29, 0.717) is 6.61 Å². The molecule has 1 atom stereocenters. The van der Waals surface area contributed by atoms with Gasteiger partial charge in [-0.3, -0.25) is 9.58 Å². The van der Waals surface area contributed by atoms with Crippen LogP contribution in [0.2, 0.25) is 0 Å². The van der Waals surface area contributed by atoms with Gasteiger partial charge < -0.3 is 14.8 Å².